The molecule has 1 aromatic carbocycles. The number of hydrogen-bond donors (Lipinski definition) is 1. The monoisotopic (exact) mass is 255 g/mol. The molecule has 0 unspecified atom stereocenters. The molecule has 0 atom stereocenters. The summed E-state index contributed by atoms with van der Waals surface area (Å²) in [7, 11) is 1.87. The number of carboxylic acid groups (broad SMARTS) is 1. The van der Waals surface area contributed by atoms with E-state index in [1.54, 1.807) is 12.1 Å². The number of nitriles is 1. The number of benzene rings is 1. The lowest BCUT2D eigenvalue weighted by molar-refractivity contribution is 0.0697. The lowest BCUT2D eigenvalue weighted by atomic mass is 10.1. The summed E-state index contributed by atoms with van der Waals surface area (Å²) in [4.78, 5) is 17.2. The van der Waals surface area contributed by atoms with Gasteiger partial charge in [-0.3, -0.25) is 0 Å². The van der Waals surface area contributed by atoms with Crippen molar-refractivity contribution >= 4 is 22.7 Å². The molecule has 0 spiro atoms. The Hall–Kier alpha value is -2.61. The second-order valence-corrected chi connectivity index (χ2v) is 4.21. The van der Waals surface area contributed by atoms with E-state index in [0.717, 1.165) is 16.7 Å². The molecule has 96 valence electrons. The molecule has 19 heavy (non-hydrogen) atoms. The summed E-state index contributed by atoms with van der Waals surface area (Å²) in [5.74, 6) is -0.178. The summed E-state index contributed by atoms with van der Waals surface area (Å²) in [6.45, 7) is 0.613. The molecule has 0 bridgehead atoms. The van der Waals surface area contributed by atoms with Gasteiger partial charge in [0.2, 0.25) is 0 Å². The molecule has 2 rings (SSSR count). The molecular formula is C14H13N3O2. The van der Waals surface area contributed by atoms with E-state index < -0.39 is 5.97 Å². The summed E-state index contributed by atoms with van der Waals surface area (Å²) in [6.07, 6.45) is 0.439. The zero-order valence-corrected chi connectivity index (χ0v) is 10.5. The number of carbonyl (C=O) groups is 1. The van der Waals surface area contributed by atoms with Crippen LogP contribution in [0.5, 0.6) is 0 Å². The molecule has 0 aliphatic rings. The highest BCUT2D eigenvalue weighted by atomic mass is 16.4. The van der Waals surface area contributed by atoms with Crippen LogP contribution in [0.3, 0.4) is 0 Å². The van der Waals surface area contributed by atoms with Crippen LogP contribution < -0.4 is 4.90 Å². The summed E-state index contributed by atoms with van der Waals surface area (Å²) < 4.78 is 0. The molecule has 0 aliphatic heterocycles. The van der Waals surface area contributed by atoms with Crippen molar-refractivity contribution in [3.63, 3.8) is 0 Å². The Morgan fingerprint density at radius 2 is 2.21 bits per heavy atom. The fraction of sp³-hybridized carbons (Fsp3) is 0.214. The number of hydrogen-bond acceptors (Lipinski definition) is 4. The van der Waals surface area contributed by atoms with Gasteiger partial charge in [-0.05, 0) is 30.3 Å². The fourth-order valence-electron chi connectivity index (χ4n) is 1.79. The lowest BCUT2D eigenvalue weighted by Crippen LogP contribution is -2.19. The second kappa shape index (κ2) is 5.36. The van der Waals surface area contributed by atoms with E-state index in [1.165, 1.54) is 6.07 Å². The fourth-order valence-corrected chi connectivity index (χ4v) is 1.79. The summed E-state index contributed by atoms with van der Waals surface area (Å²) in [5, 5.41) is 18.3. The standard InChI is InChI=1S/C14H13N3O2/c1-17(8-2-7-15)13-6-4-10-9-11(14(18)19)3-5-12(10)16-13/h3-6,9H,2,8H2,1H3,(H,18,19). The third-order valence-electron chi connectivity index (χ3n) is 2.87. The van der Waals surface area contributed by atoms with E-state index in [1.807, 2.05) is 24.1 Å². The third kappa shape index (κ3) is 2.80. The predicted octanol–water partition coefficient (Wildman–Crippen LogP) is 2.28. The second-order valence-electron chi connectivity index (χ2n) is 4.21. The molecule has 2 aromatic rings. The average Bonchev–Trinajstić information content (AvgIpc) is 2.43. The summed E-state index contributed by atoms with van der Waals surface area (Å²) in [6, 6.07) is 10.6. The molecule has 0 aliphatic carbocycles. The van der Waals surface area contributed by atoms with Crippen LogP contribution in [0.4, 0.5) is 5.82 Å². The molecule has 0 fully saturated rings. The highest BCUT2D eigenvalue weighted by Crippen LogP contribution is 2.19. The van der Waals surface area contributed by atoms with Crippen molar-refractivity contribution in [1.29, 1.82) is 5.26 Å². The third-order valence-corrected chi connectivity index (χ3v) is 2.87. The molecular weight excluding hydrogens is 242 g/mol. The highest BCUT2D eigenvalue weighted by Gasteiger charge is 2.07. The minimum atomic E-state index is -0.947. The molecule has 1 heterocycles. The van der Waals surface area contributed by atoms with Crippen LogP contribution in [0.15, 0.2) is 30.3 Å². The minimum absolute atomic E-state index is 0.250. The first-order valence-electron chi connectivity index (χ1n) is 5.84. The Morgan fingerprint density at radius 1 is 1.42 bits per heavy atom. The average molecular weight is 255 g/mol. The summed E-state index contributed by atoms with van der Waals surface area (Å²) in [5.41, 5.74) is 0.992. The maximum Gasteiger partial charge on any atom is 0.335 e. The van der Waals surface area contributed by atoms with Crippen molar-refractivity contribution in [2.24, 2.45) is 0 Å². The van der Waals surface area contributed by atoms with Gasteiger partial charge in [0.05, 0.1) is 23.6 Å². The van der Waals surface area contributed by atoms with Gasteiger partial charge in [0.25, 0.3) is 0 Å². The summed E-state index contributed by atoms with van der Waals surface area (Å²) >= 11 is 0. The molecule has 1 aromatic heterocycles. The van der Waals surface area contributed by atoms with Gasteiger partial charge >= 0.3 is 5.97 Å². The van der Waals surface area contributed by atoms with Crippen molar-refractivity contribution in [1.82, 2.24) is 4.98 Å². The van der Waals surface area contributed by atoms with Crippen molar-refractivity contribution in [3.8, 4) is 6.07 Å². The van der Waals surface area contributed by atoms with Gasteiger partial charge in [0.1, 0.15) is 5.82 Å². The number of anilines is 1. The van der Waals surface area contributed by atoms with Crippen molar-refractivity contribution in [3.05, 3.63) is 35.9 Å². The first-order chi connectivity index (χ1) is 9.11. The Balaban J connectivity index is 2.34. The van der Waals surface area contributed by atoms with Gasteiger partial charge < -0.3 is 10.0 Å². The van der Waals surface area contributed by atoms with Crippen LogP contribution in [0, 0.1) is 11.3 Å². The van der Waals surface area contributed by atoms with E-state index in [0.29, 0.717) is 13.0 Å². The molecule has 0 saturated carbocycles. The van der Waals surface area contributed by atoms with Crippen molar-refractivity contribution in [2.75, 3.05) is 18.5 Å². The van der Waals surface area contributed by atoms with Gasteiger partial charge in [-0.15, -0.1) is 0 Å². The van der Waals surface area contributed by atoms with E-state index in [9.17, 15) is 4.79 Å². The van der Waals surface area contributed by atoms with Crippen LogP contribution in [0.2, 0.25) is 0 Å². The number of pyridine rings is 1. The van der Waals surface area contributed by atoms with Crippen LogP contribution in [-0.2, 0) is 0 Å². The normalized spacial score (nSPS) is 10.1. The molecule has 5 nitrogen and oxygen atoms in total. The van der Waals surface area contributed by atoms with E-state index in [2.05, 4.69) is 11.1 Å². The van der Waals surface area contributed by atoms with Crippen LogP contribution >= 0.6 is 0 Å². The van der Waals surface area contributed by atoms with Crippen LogP contribution in [0.25, 0.3) is 10.9 Å². The first kappa shape index (κ1) is 12.8. The maximum absolute atomic E-state index is 10.9. The lowest BCUT2D eigenvalue weighted by Gasteiger charge is -2.16. The van der Waals surface area contributed by atoms with Crippen LogP contribution in [0.1, 0.15) is 16.8 Å². The largest absolute Gasteiger partial charge is 0.478 e. The smallest absolute Gasteiger partial charge is 0.335 e. The maximum atomic E-state index is 10.9. The van der Waals surface area contributed by atoms with Gasteiger partial charge in [0.15, 0.2) is 0 Å². The number of aromatic carboxylic acids is 1. The first-order valence-corrected chi connectivity index (χ1v) is 5.84. The van der Waals surface area contributed by atoms with Gasteiger partial charge in [-0.2, -0.15) is 5.26 Å². The Morgan fingerprint density at radius 3 is 2.89 bits per heavy atom. The van der Waals surface area contributed by atoms with Crippen molar-refractivity contribution < 1.29 is 9.90 Å². The molecule has 1 N–H and O–H groups in total. The molecule has 0 amide bonds. The SMILES string of the molecule is CN(CCC#N)c1ccc2cc(C(=O)O)ccc2n1. The Labute approximate surface area is 110 Å². The number of fused-ring (bicyclic) bond motifs is 1. The number of rotatable bonds is 4. The molecule has 0 saturated heterocycles. The van der Waals surface area contributed by atoms with Crippen LogP contribution in [-0.4, -0.2) is 29.7 Å². The Bertz CT molecular complexity index is 661. The van der Waals surface area contributed by atoms with E-state index in [4.69, 9.17) is 10.4 Å². The zero-order valence-electron chi connectivity index (χ0n) is 10.5. The zero-order chi connectivity index (χ0) is 13.8. The quantitative estimate of drug-likeness (QED) is 0.906. The topological polar surface area (TPSA) is 77.2 Å². The number of aromatic nitrogens is 1. The minimum Gasteiger partial charge on any atom is -0.478 e. The predicted molar refractivity (Wildman–Crippen MR) is 72.2 cm³/mol. The van der Waals surface area contributed by atoms with E-state index in [-0.39, 0.29) is 5.56 Å². The number of carboxylic acids is 1. The van der Waals surface area contributed by atoms with Gasteiger partial charge in [0, 0.05) is 19.0 Å². The van der Waals surface area contributed by atoms with Gasteiger partial charge in [-0.1, -0.05) is 0 Å². The highest BCUT2D eigenvalue weighted by molar-refractivity contribution is 5.93. The van der Waals surface area contributed by atoms with E-state index >= 15 is 0 Å². The molecule has 5 heteroatoms. The van der Waals surface area contributed by atoms with Gasteiger partial charge in [-0.25, -0.2) is 9.78 Å². The Kier molecular flexibility index (Phi) is 3.62. The molecule has 0 radical (unpaired) electrons. The number of nitrogens with zero attached hydrogens (tertiary/aromatic N) is 3. The van der Waals surface area contributed by atoms with Crippen molar-refractivity contribution in [2.45, 2.75) is 6.42 Å².